The van der Waals surface area contributed by atoms with Crippen molar-refractivity contribution in [1.29, 1.82) is 0 Å². The summed E-state index contributed by atoms with van der Waals surface area (Å²) >= 11 is 1.75. The molecule has 0 spiro atoms. The van der Waals surface area contributed by atoms with Crippen molar-refractivity contribution in [2.75, 3.05) is 14.2 Å². The van der Waals surface area contributed by atoms with Crippen molar-refractivity contribution in [3.8, 4) is 11.5 Å². The molecule has 21 heavy (non-hydrogen) atoms. The van der Waals surface area contributed by atoms with Crippen LogP contribution in [0.25, 0.3) is 0 Å². The molecule has 1 N–H and O–H groups in total. The molecule has 1 aromatic heterocycles. The van der Waals surface area contributed by atoms with Gasteiger partial charge in [0.25, 0.3) is 0 Å². The van der Waals surface area contributed by atoms with Gasteiger partial charge in [-0.3, -0.25) is 0 Å². The third-order valence-electron chi connectivity index (χ3n) is 3.54. The third-order valence-corrected chi connectivity index (χ3v) is 4.61. The molecule has 0 saturated carbocycles. The highest BCUT2D eigenvalue weighted by Gasteiger charge is 2.11. The number of ether oxygens (including phenoxy) is 2. The van der Waals surface area contributed by atoms with Crippen LogP contribution in [0, 0.1) is 13.8 Å². The molecule has 0 amide bonds. The first-order valence-corrected chi connectivity index (χ1v) is 7.75. The van der Waals surface area contributed by atoms with Crippen LogP contribution >= 0.6 is 11.3 Å². The van der Waals surface area contributed by atoms with E-state index in [1.165, 1.54) is 4.88 Å². The Morgan fingerprint density at radius 2 is 1.90 bits per heavy atom. The van der Waals surface area contributed by atoms with Crippen LogP contribution in [0.1, 0.15) is 34.1 Å². The average molecular weight is 306 g/mol. The van der Waals surface area contributed by atoms with E-state index >= 15 is 0 Å². The molecule has 0 aliphatic carbocycles. The van der Waals surface area contributed by atoms with E-state index in [1.54, 1.807) is 25.6 Å². The number of hydrogen-bond acceptors (Lipinski definition) is 5. The second kappa shape index (κ2) is 6.91. The van der Waals surface area contributed by atoms with Crippen molar-refractivity contribution in [3.63, 3.8) is 0 Å². The minimum absolute atomic E-state index is 0.217. The molecule has 0 bridgehead atoms. The van der Waals surface area contributed by atoms with E-state index in [9.17, 15) is 0 Å². The Morgan fingerprint density at radius 1 is 1.19 bits per heavy atom. The zero-order valence-electron chi connectivity index (χ0n) is 13.2. The first-order chi connectivity index (χ1) is 10.0. The van der Waals surface area contributed by atoms with Gasteiger partial charge in [-0.05, 0) is 38.5 Å². The van der Waals surface area contributed by atoms with Crippen molar-refractivity contribution in [1.82, 2.24) is 10.3 Å². The summed E-state index contributed by atoms with van der Waals surface area (Å²) in [5.74, 6) is 1.50. The number of rotatable bonds is 6. The number of aromatic nitrogens is 1. The van der Waals surface area contributed by atoms with Gasteiger partial charge in [-0.25, -0.2) is 4.98 Å². The highest BCUT2D eigenvalue weighted by molar-refractivity contribution is 7.11. The van der Waals surface area contributed by atoms with Gasteiger partial charge in [-0.15, -0.1) is 11.3 Å². The van der Waals surface area contributed by atoms with Gasteiger partial charge < -0.3 is 14.8 Å². The number of hydrogen-bond donors (Lipinski definition) is 1. The van der Waals surface area contributed by atoms with Gasteiger partial charge in [0.2, 0.25) is 0 Å². The highest BCUT2D eigenvalue weighted by atomic mass is 32.1. The first-order valence-electron chi connectivity index (χ1n) is 6.93. The van der Waals surface area contributed by atoms with Crippen LogP contribution < -0.4 is 14.8 Å². The molecular formula is C16H22N2O2S. The average Bonchev–Trinajstić information content (AvgIpc) is 2.82. The summed E-state index contributed by atoms with van der Waals surface area (Å²) in [6.07, 6.45) is 0. The molecule has 0 aliphatic rings. The van der Waals surface area contributed by atoms with Crippen molar-refractivity contribution >= 4 is 11.3 Å². The smallest absolute Gasteiger partial charge is 0.161 e. The SMILES string of the molecule is COc1ccc(C(C)NCc2nc(C)c(C)s2)cc1OC. The lowest BCUT2D eigenvalue weighted by atomic mass is 10.1. The molecule has 0 fully saturated rings. The summed E-state index contributed by atoms with van der Waals surface area (Å²) < 4.78 is 10.6. The fourth-order valence-corrected chi connectivity index (χ4v) is 2.98. The van der Waals surface area contributed by atoms with Crippen molar-refractivity contribution < 1.29 is 9.47 Å². The molecule has 1 aromatic carbocycles. The van der Waals surface area contributed by atoms with Gasteiger partial charge in [0.05, 0.1) is 19.9 Å². The third kappa shape index (κ3) is 3.74. The van der Waals surface area contributed by atoms with Crippen LogP contribution in [0.15, 0.2) is 18.2 Å². The maximum atomic E-state index is 5.35. The molecule has 4 nitrogen and oxygen atoms in total. The van der Waals surface area contributed by atoms with Crippen LogP contribution in [0.4, 0.5) is 0 Å². The number of nitrogens with zero attached hydrogens (tertiary/aromatic N) is 1. The van der Waals surface area contributed by atoms with E-state index in [0.29, 0.717) is 0 Å². The largest absolute Gasteiger partial charge is 0.493 e. The standard InChI is InChI=1S/C16H22N2O2S/c1-10-12(3)21-16(18-10)9-17-11(2)13-6-7-14(19-4)15(8-13)20-5/h6-8,11,17H,9H2,1-5H3. The predicted molar refractivity (Wildman–Crippen MR) is 86.4 cm³/mol. The Kier molecular flexibility index (Phi) is 5.20. The van der Waals surface area contributed by atoms with Crippen LogP contribution in [0.3, 0.4) is 0 Å². The molecule has 114 valence electrons. The van der Waals surface area contributed by atoms with Gasteiger partial charge in [-0.2, -0.15) is 0 Å². The first kappa shape index (κ1) is 15.8. The molecule has 1 atom stereocenters. The molecule has 0 aliphatic heterocycles. The molecule has 1 unspecified atom stereocenters. The maximum Gasteiger partial charge on any atom is 0.161 e. The summed E-state index contributed by atoms with van der Waals surface area (Å²) in [5.41, 5.74) is 2.29. The Labute approximate surface area is 130 Å². The van der Waals surface area contributed by atoms with E-state index in [-0.39, 0.29) is 6.04 Å². The number of nitrogens with one attached hydrogen (secondary N) is 1. The lowest BCUT2D eigenvalue weighted by Crippen LogP contribution is -2.18. The molecule has 0 radical (unpaired) electrons. The van der Waals surface area contributed by atoms with E-state index < -0.39 is 0 Å². The zero-order valence-corrected chi connectivity index (χ0v) is 14.0. The fourth-order valence-electron chi connectivity index (χ4n) is 2.10. The Hall–Kier alpha value is -1.59. The monoisotopic (exact) mass is 306 g/mol. The summed E-state index contributed by atoms with van der Waals surface area (Å²) in [4.78, 5) is 5.83. The summed E-state index contributed by atoms with van der Waals surface area (Å²) in [7, 11) is 3.30. The molecule has 1 heterocycles. The number of benzene rings is 1. The van der Waals surface area contributed by atoms with Gasteiger partial charge in [0, 0.05) is 17.5 Å². The van der Waals surface area contributed by atoms with Crippen molar-refractivity contribution in [2.24, 2.45) is 0 Å². The van der Waals surface area contributed by atoms with Gasteiger partial charge >= 0.3 is 0 Å². The van der Waals surface area contributed by atoms with E-state index in [1.807, 2.05) is 19.1 Å². The van der Waals surface area contributed by atoms with Crippen LogP contribution in [0.5, 0.6) is 11.5 Å². The Morgan fingerprint density at radius 3 is 2.48 bits per heavy atom. The lowest BCUT2D eigenvalue weighted by Gasteiger charge is -2.15. The highest BCUT2D eigenvalue weighted by Crippen LogP contribution is 2.30. The van der Waals surface area contributed by atoms with Gasteiger partial charge in [0.15, 0.2) is 11.5 Å². The minimum atomic E-state index is 0.217. The zero-order chi connectivity index (χ0) is 15.4. The second-order valence-electron chi connectivity index (χ2n) is 4.97. The molecule has 2 rings (SSSR count). The Balaban J connectivity index is 2.04. The van der Waals surface area contributed by atoms with Gasteiger partial charge in [-0.1, -0.05) is 6.07 Å². The lowest BCUT2D eigenvalue weighted by molar-refractivity contribution is 0.354. The van der Waals surface area contributed by atoms with E-state index in [0.717, 1.165) is 34.3 Å². The predicted octanol–water partition coefficient (Wildman–Crippen LogP) is 3.63. The van der Waals surface area contributed by atoms with Crippen LogP contribution in [-0.4, -0.2) is 19.2 Å². The summed E-state index contributed by atoms with van der Waals surface area (Å²) in [6, 6.07) is 6.21. The van der Waals surface area contributed by atoms with Crippen LogP contribution in [0.2, 0.25) is 0 Å². The molecule has 5 heteroatoms. The normalized spacial score (nSPS) is 12.2. The van der Waals surface area contributed by atoms with Gasteiger partial charge in [0.1, 0.15) is 5.01 Å². The Bertz CT molecular complexity index is 591. The minimum Gasteiger partial charge on any atom is -0.493 e. The number of aryl methyl sites for hydroxylation is 2. The summed E-state index contributed by atoms with van der Waals surface area (Å²) in [6.45, 7) is 7.06. The fraction of sp³-hybridized carbons (Fsp3) is 0.438. The second-order valence-corrected chi connectivity index (χ2v) is 6.25. The maximum absolute atomic E-state index is 5.35. The molecular weight excluding hydrogens is 284 g/mol. The number of methoxy groups -OCH3 is 2. The molecule has 2 aromatic rings. The topological polar surface area (TPSA) is 43.4 Å². The number of thiazole rings is 1. The van der Waals surface area contributed by atoms with E-state index in [4.69, 9.17) is 9.47 Å². The molecule has 0 saturated heterocycles. The summed E-state index contributed by atoms with van der Waals surface area (Å²) in [5, 5.41) is 4.62. The van der Waals surface area contributed by atoms with Crippen LogP contribution in [-0.2, 0) is 6.54 Å². The van der Waals surface area contributed by atoms with E-state index in [2.05, 4.69) is 30.2 Å². The van der Waals surface area contributed by atoms with Crippen molar-refractivity contribution in [3.05, 3.63) is 39.3 Å². The van der Waals surface area contributed by atoms with Crippen molar-refractivity contribution in [2.45, 2.75) is 33.4 Å². The quantitative estimate of drug-likeness (QED) is 0.885.